The Kier molecular flexibility index (Phi) is 4.92. The minimum atomic E-state index is -1.14. The predicted octanol–water partition coefficient (Wildman–Crippen LogP) is 2.71. The lowest BCUT2D eigenvalue weighted by atomic mass is 10.2. The fraction of sp³-hybridized carbons (Fsp3) is 0.278. The fourth-order valence-corrected chi connectivity index (χ4v) is 2.80. The van der Waals surface area contributed by atoms with Gasteiger partial charge in [-0.3, -0.25) is 9.69 Å². The first kappa shape index (κ1) is 17.5. The van der Waals surface area contributed by atoms with E-state index in [0.29, 0.717) is 30.9 Å². The van der Waals surface area contributed by atoms with Crippen LogP contribution in [0.15, 0.2) is 34.7 Å². The summed E-state index contributed by atoms with van der Waals surface area (Å²) >= 11 is 0. The normalized spacial score (nSPS) is 14.0. The van der Waals surface area contributed by atoms with E-state index in [1.807, 2.05) is 0 Å². The van der Waals surface area contributed by atoms with Crippen molar-refractivity contribution in [3.8, 4) is 0 Å². The number of rotatable bonds is 5. The van der Waals surface area contributed by atoms with Crippen LogP contribution in [-0.2, 0) is 6.42 Å². The van der Waals surface area contributed by atoms with Gasteiger partial charge in [-0.25, -0.2) is 9.59 Å². The maximum atomic E-state index is 12.4. The maximum Gasteiger partial charge on any atom is 0.339 e. The average molecular weight is 357 g/mol. The zero-order valence-electron chi connectivity index (χ0n) is 14.2. The number of nitrogens with zero attached hydrogens (tertiary/aromatic N) is 1. The van der Waals surface area contributed by atoms with Crippen LogP contribution in [0.5, 0.6) is 0 Å². The highest BCUT2D eigenvalue weighted by Crippen LogP contribution is 2.23. The summed E-state index contributed by atoms with van der Waals surface area (Å²) in [6.07, 6.45) is 1.21. The van der Waals surface area contributed by atoms with Crippen molar-refractivity contribution in [1.82, 2.24) is 5.32 Å². The minimum Gasteiger partial charge on any atom is -0.478 e. The van der Waals surface area contributed by atoms with Crippen molar-refractivity contribution in [2.24, 2.45) is 0 Å². The molecule has 1 fully saturated rings. The van der Waals surface area contributed by atoms with Crippen LogP contribution in [0.1, 0.15) is 40.0 Å². The highest BCUT2D eigenvalue weighted by molar-refractivity contribution is 6.04. The number of carbonyl (C=O) groups excluding carboxylic acids is 2. The number of nitrogens with one attached hydrogen (secondary N) is 2. The second kappa shape index (κ2) is 7.30. The number of furan rings is 1. The molecule has 0 saturated carbocycles. The molecule has 26 heavy (non-hydrogen) atoms. The summed E-state index contributed by atoms with van der Waals surface area (Å²) < 4.78 is 5.36. The Labute approximate surface area is 149 Å². The van der Waals surface area contributed by atoms with Gasteiger partial charge in [0.25, 0.3) is 5.91 Å². The standard InChI is InChI=1S/C18H19N3O5/c1-2-14-13(17(23)24)10-15(26-14)16(22)20-11-5-3-6-12(9-11)21-8-4-7-19-18(21)25/h3,5-6,9-10H,2,4,7-8H2,1H3,(H,19,25)(H,20,22)(H,23,24). The van der Waals surface area contributed by atoms with Gasteiger partial charge in [-0.2, -0.15) is 0 Å². The largest absolute Gasteiger partial charge is 0.478 e. The molecule has 8 heteroatoms. The Balaban J connectivity index is 1.79. The van der Waals surface area contributed by atoms with E-state index in [1.54, 1.807) is 36.1 Å². The monoisotopic (exact) mass is 357 g/mol. The fourth-order valence-electron chi connectivity index (χ4n) is 2.80. The average Bonchev–Trinajstić information content (AvgIpc) is 3.07. The lowest BCUT2D eigenvalue weighted by Gasteiger charge is -2.27. The molecule has 1 aromatic carbocycles. The molecule has 0 atom stereocenters. The van der Waals surface area contributed by atoms with Crippen molar-refractivity contribution in [1.29, 1.82) is 0 Å². The molecule has 8 nitrogen and oxygen atoms in total. The number of hydrogen-bond donors (Lipinski definition) is 3. The molecule has 2 aromatic rings. The van der Waals surface area contributed by atoms with Gasteiger partial charge in [-0.15, -0.1) is 0 Å². The summed E-state index contributed by atoms with van der Waals surface area (Å²) in [6, 6.07) is 7.93. The number of anilines is 2. The molecule has 0 radical (unpaired) electrons. The van der Waals surface area contributed by atoms with E-state index in [2.05, 4.69) is 10.6 Å². The van der Waals surface area contributed by atoms with Gasteiger partial charge in [0, 0.05) is 37.0 Å². The van der Waals surface area contributed by atoms with Crippen molar-refractivity contribution in [2.45, 2.75) is 19.8 Å². The van der Waals surface area contributed by atoms with E-state index in [-0.39, 0.29) is 23.1 Å². The Morgan fingerprint density at radius 3 is 2.81 bits per heavy atom. The van der Waals surface area contributed by atoms with Gasteiger partial charge in [-0.1, -0.05) is 13.0 Å². The van der Waals surface area contributed by atoms with Gasteiger partial charge in [0.05, 0.1) is 0 Å². The first-order valence-corrected chi connectivity index (χ1v) is 8.32. The lowest BCUT2D eigenvalue weighted by molar-refractivity contribution is 0.0694. The van der Waals surface area contributed by atoms with E-state index in [9.17, 15) is 14.4 Å². The Bertz CT molecular complexity index is 858. The molecule has 1 aliphatic rings. The number of aromatic carboxylic acids is 1. The molecule has 1 aliphatic heterocycles. The topological polar surface area (TPSA) is 112 Å². The maximum absolute atomic E-state index is 12.4. The van der Waals surface area contributed by atoms with E-state index in [1.165, 1.54) is 6.07 Å². The van der Waals surface area contributed by atoms with E-state index < -0.39 is 11.9 Å². The first-order chi connectivity index (χ1) is 12.5. The molecule has 0 bridgehead atoms. The summed E-state index contributed by atoms with van der Waals surface area (Å²) in [7, 11) is 0. The van der Waals surface area contributed by atoms with E-state index in [0.717, 1.165) is 6.42 Å². The van der Waals surface area contributed by atoms with Gasteiger partial charge >= 0.3 is 12.0 Å². The molecule has 136 valence electrons. The molecule has 1 saturated heterocycles. The third kappa shape index (κ3) is 3.53. The van der Waals surface area contributed by atoms with Crippen LogP contribution in [0.3, 0.4) is 0 Å². The molecule has 3 amide bonds. The van der Waals surface area contributed by atoms with Crippen LogP contribution in [-0.4, -0.2) is 36.1 Å². The summed E-state index contributed by atoms with van der Waals surface area (Å²) in [6.45, 7) is 3.00. The van der Waals surface area contributed by atoms with Gasteiger partial charge in [-0.05, 0) is 24.6 Å². The number of urea groups is 1. The van der Waals surface area contributed by atoms with Crippen LogP contribution in [0.25, 0.3) is 0 Å². The van der Waals surface area contributed by atoms with E-state index in [4.69, 9.17) is 9.52 Å². The van der Waals surface area contributed by atoms with Crippen molar-refractivity contribution >= 4 is 29.3 Å². The van der Waals surface area contributed by atoms with Crippen molar-refractivity contribution in [3.63, 3.8) is 0 Å². The highest BCUT2D eigenvalue weighted by atomic mass is 16.4. The number of benzene rings is 1. The summed E-state index contributed by atoms with van der Waals surface area (Å²) in [5, 5.41) is 14.6. The second-order valence-electron chi connectivity index (χ2n) is 5.85. The molecular formula is C18H19N3O5. The first-order valence-electron chi connectivity index (χ1n) is 8.32. The lowest BCUT2D eigenvalue weighted by Crippen LogP contribution is -2.46. The number of hydrogen-bond acceptors (Lipinski definition) is 4. The quantitative estimate of drug-likeness (QED) is 0.762. The van der Waals surface area contributed by atoms with Crippen LogP contribution >= 0.6 is 0 Å². The Morgan fingerprint density at radius 1 is 1.35 bits per heavy atom. The molecule has 0 spiro atoms. The Hall–Kier alpha value is -3.29. The molecule has 0 aliphatic carbocycles. The third-order valence-electron chi connectivity index (χ3n) is 4.08. The molecule has 3 N–H and O–H groups in total. The number of carboxylic acids is 1. The van der Waals surface area contributed by atoms with E-state index >= 15 is 0 Å². The minimum absolute atomic E-state index is 0.0172. The number of carboxylic acid groups (broad SMARTS) is 1. The van der Waals surface area contributed by atoms with Crippen molar-refractivity contribution in [3.05, 3.63) is 47.4 Å². The third-order valence-corrected chi connectivity index (χ3v) is 4.08. The van der Waals surface area contributed by atoms with Gasteiger partial charge in [0.2, 0.25) is 0 Å². The molecule has 3 rings (SSSR count). The SMILES string of the molecule is CCc1oc(C(=O)Nc2cccc(N3CCCNC3=O)c2)cc1C(=O)O. The molecule has 1 aromatic heterocycles. The molecular weight excluding hydrogens is 338 g/mol. The summed E-state index contributed by atoms with van der Waals surface area (Å²) in [5.74, 6) is -1.50. The summed E-state index contributed by atoms with van der Waals surface area (Å²) in [4.78, 5) is 37.1. The summed E-state index contributed by atoms with van der Waals surface area (Å²) in [5.41, 5.74) is 1.13. The zero-order chi connectivity index (χ0) is 18.7. The van der Waals surface area contributed by atoms with Gasteiger partial charge in [0.1, 0.15) is 11.3 Å². The highest BCUT2D eigenvalue weighted by Gasteiger charge is 2.22. The number of amides is 3. The molecule has 0 unspecified atom stereocenters. The zero-order valence-corrected chi connectivity index (χ0v) is 14.2. The second-order valence-corrected chi connectivity index (χ2v) is 5.85. The van der Waals surface area contributed by atoms with Crippen LogP contribution in [0, 0.1) is 0 Å². The number of carbonyl (C=O) groups is 3. The van der Waals surface area contributed by atoms with Crippen molar-refractivity contribution in [2.75, 3.05) is 23.3 Å². The Morgan fingerprint density at radius 2 is 2.15 bits per heavy atom. The van der Waals surface area contributed by atoms with Crippen LogP contribution < -0.4 is 15.5 Å². The molecule has 2 heterocycles. The predicted molar refractivity (Wildman–Crippen MR) is 94.8 cm³/mol. The van der Waals surface area contributed by atoms with Crippen LogP contribution in [0.4, 0.5) is 16.2 Å². The van der Waals surface area contributed by atoms with Gasteiger partial charge in [0.15, 0.2) is 5.76 Å². The number of aryl methyl sites for hydroxylation is 1. The smallest absolute Gasteiger partial charge is 0.339 e. The van der Waals surface area contributed by atoms with Crippen molar-refractivity contribution < 1.29 is 23.9 Å². The van der Waals surface area contributed by atoms with Gasteiger partial charge < -0.3 is 20.2 Å². The van der Waals surface area contributed by atoms with Crippen LogP contribution in [0.2, 0.25) is 0 Å².